The van der Waals surface area contributed by atoms with Crippen LogP contribution in [0, 0.1) is 0 Å². The largest absolute Gasteiger partial charge is 0.144 e. The minimum Gasteiger partial charge on any atom is -0.144 e. The first-order valence-corrected chi connectivity index (χ1v) is 18.7. The molecule has 0 amide bonds. The fourth-order valence-corrected chi connectivity index (χ4v) is 13.1. The van der Waals surface area contributed by atoms with E-state index in [1.54, 1.807) is 0 Å². The SMILES string of the molecule is c1cc2c(s1)-c1ccc3c4c(ccc(c14)C2)-c1sc(-c2cc4c(s2)-c2ccc5c6c(ccc(c26)C4)-c2sccc2C5)cc1C3. The lowest BCUT2D eigenvalue weighted by Crippen LogP contribution is -2.04. The Morgan fingerprint density at radius 1 is 0.341 bits per heavy atom. The molecule has 206 valence electrons. The van der Waals surface area contributed by atoms with Crippen molar-refractivity contribution >= 4 is 66.9 Å². The average molecular weight is 631 g/mol. The molecule has 0 aliphatic heterocycles. The first-order valence-electron chi connectivity index (χ1n) is 15.3. The lowest BCUT2D eigenvalue weighted by Gasteiger charge is -2.24. The van der Waals surface area contributed by atoms with Crippen molar-refractivity contribution in [3.8, 4) is 51.5 Å². The van der Waals surface area contributed by atoms with Crippen molar-refractivity contribution in [1.29, 1.82) is 0 Å². The van der Waals surface area contributed by atoms with Gasteiger partial charge in [0, 0.05) is 51.5 Å². The quantitative estimate of drug-likeness (QED) is 0.169. The Morgan fingerprint density at radius 2 is 0.705 bits per heavy atom. The molecule has 0 atom stereocenters. The van der Waals surface area contributed by atoms with Gasteiger partial charge in [-0.2, -0.15) is 0 Å². The first-order chi connectivity index (χ1) is 21.8. The predicted molar refractivity (Wildman–Crippen MR) is 191 cm³/mol. The van der Waals surface area contributed by atoms with Gasteiger partial charge in [-0.1, -0.05) is 48.5 Å². The molecule has 4 heterocycles. The number of hydrogen-bond donors (Lipinski definition) is 0. The van der Waals surface area contributed by atoms with Gasteiger partial charge in [0.05, 0.1) is 0 Å². The van der Waals surface area contributed by atoms with Gasteiger partial charge in [0.1, 0.15) is 0 Å². The van der Waals surface area contributed by atoms with Crippen LogP contribution >= 0.6 is 45.3 Å². The van der Waals surface area contributed by atoms with E-state index in [1.807, 2.05) is 45.3 Å². The Balaban J connectivity index is 1.01. The van der Waals surface area contributed by atoms with Crippen molar-refractivity contribution in [2.75, 3.05) is 0 Å². The van der Waals surface area contributed by atoms with Crippen molar-refractivity contribution in [2.45, 2.75) is 25.7 Å². The predicted octanol–water partition coefficient (Wildman–Crippen LogP) is 12.2. The first kappa shape index (κ1) is 23.6. The fourth-order valence-electron chi connectivity index (χ4n) is 8.68. The normalized spacial score (nSPS) is 14.5. The summed E-state index contributed by atoms with van der Waals surface area (Å²) in [6.07, 6.45) is 4.18. The highest BCUT2D eigenvalue weighted by molar-refractivity contribution is 7.25. The summed E-state index contributed by atoms with van der Waals surface area (Å²) in [5, 5.41) is 10.6. The number of benzene rings is 4. The van der Waals surface area contributed by atoms with Gasteiger partial charge in [0.25, 0.3) is 0 Å². The summed E-state index contributed by atoms with van der Waals surface area (Å²) in [4.78, 5) is 8.75. The van der Waals surface area contributed by atoms with Crippen LogP contribution in [0.3, 0.4) is 0 Å². The minimum absolute atomic E-state index is 1.03. The van der Waals surface area contributed by atoms with E-state index in [0.29, 0.717) is 0 Å². The van der Waals surface area contributed by atoms with E-state index in [9.17, 15) is 0 Å². The second kappa shape index (κ2) is 8.07. The molecular weight excluding hydrogens is 609 g/mol. The molecule has 4 aromatic heterocycles. The van der Waals surface area contributed by atoms with Crippen LogP contribution in [0.5, 0.6) is 0 Å². The highest BCUT2D eigenvalue weighted by Crippen LogP contribution is 2.55. The molecule has 0 N–H and O–H groups in total. The third kappa shape index (κ3) is 2.85. The third-order valence-corrected chi connectivity index (χ3v) is 15.1. The van der Waals surface area contributed by atoms with Crippen molar-refractivity contribution in [3.63, 3.8) is 0 Å². The Morgan fingerprint density at radius 3 is 1.11 bits per heavy atom. The topological polar surface area (TPSA) is 0 Å². The van der Waals surface area contributed by atoms with Crippen LogP contribution in [0.2, 0.25) is 0 Å². The molecule has 4 aliphatic rings. The van der Waals surface area contributed by atoms with E-state index in [0.717, 1.165) is 25.7 Å². The Hall–Kier alpha value is -3.80. The Bertz CT molecular complexity index is 2430. The molecule has 44 heavy (non-hydrogen) atoms. The van der Waals surface area contributed by atoms with Gasteiger partial charge in [-0.25, -0.2) is 0 Å². The minimum atomic E-state index is 1.03. The number of fused-ring (bicyclic) bond motifs is 8. The standard InChI is InChI=1S/C40H22S4/c1-5-27-33-19(13-23-9-11-41-37(23)27)3-7-29-35(33)21(1)15-25-17-31(43-39(25)29)32-18-26-16-22-2-6-28-34-20(14-24-10-12-42-38(24)28)4-8-30(36(22)34)40(26)44-32/h1-12,17-18H,13-16H2. The summed E-state index contributed by atoms with van der Waals surface area (Å²) in [5.74, 6) is 0. The average Bonchev–Trinajstić information content (AvgIpc) is 3.86. The van der Waals surface area contributed by atoms with Crippen LogP contribution < -0.4 is 0 Å². The third-order valence-electron chi connectivity index (χ3n) is 10.5. The maximum atomic E-state index is 2.51. The molecule has 0 radical (unpaired) electrons. The number of rotatable bonds is 1. The lowest BCUT2D eigenvalue weighted by molar-refractivity contribution is 1.19. The summed E-state index contributed by atoms with van der Waals surface area (Å²) < 4.78 is 0. The second-order valence-corrected chi connectivity index (χ2v) is 16.7. The lowest BCUT2D eigenvalue weighted by atomic mass is 9.80. The fraction of sp³-hybridized carbons (Fsp3) is 0.100. The molecule has 0 fully saturated rings. The van der Waals surface area contributed by atoms with Gasteiger partial charge in [0.2, 0.25) is 0 Å². The van der Waals surface area contributed by atoms with Crippen LogP contribution in [-0.2, 0) is 25.7 Å². The van der Waals surface area contributed by atoms with E-state index in [2.05, 4.69) is 83.6 Å². The molecule has 0 unspecified atom stereocenters. The van der Waals surface area contributed by atoms with Gasteiger partial charge in [-0.05, 0) is 127 Å². The smallest absolute Gasteiger partial charge is 0.0452 e. The maximum absolute atomic E-state index is 2.51. The molecule has 0 spiro atoms. The van der Waals surface area contributed by atoms with E-state index < -0.39 is 0 Å². The summed E-state index contributed by atoms with van der Waals surface area (Å²) >= 11 is 7.83. The van der Waals surface area contributed by atoms with E-state index in [1.165, 1.54) is 118 Å². The van der Waals surface area contributed by atoms with Crippen molar-refractivity contribution < 1.29 is 0 Å². The highest BCUT2D eigenvalue weighted by Gasteiger charge is 2.30. The molecule has 4 aromatic carbocycles. The molecular formula is C40H22S4. The highest BCUT2D eigenvalue weighted by atomic mass is 32.1. The maximum Gasteiger partial charge on any atom is 0.0452 e. The van der Waals surface area contributed by atoms with Crippen molar-refractivity contribution in [1.82, 2.24) is 0 Å². The molecule has 0 saturated carbocycles. The van der Waals surface area contributed by atoms with E-state index in [-0.39, 0.29) is 0 Å². The van der Waals surface area contributed by atoms with Gasteiger partial charge in [-0.15, -0.1) is 45.3 Å². The molecule has 4 aliphatic carbocycles. The summed E-state index contributed by atoms with van der Waals surface area (Å²) in [5.41, 5.74) is 17.7. The van der Waals surface area contributed by atoms with E-state index >= 15 is 0 Å². The Labute approximate surface area is 270 Å². The summed E-state index contributed by atoms with van der Waals surface area (Å²) in [6.45, 7) is 0. The molecule has 4 heteroatoms. The second-order valence-electron chi connectivity index (χ2n) is 12.8. The van der Waals surface area contributed by atoms with Crippen LogP contribution in [0.15, 0.2) is 83.6 Å². The zero-order chi connectivity index (χ0) is 28.3. The summed E-state index contributed by atoms with van der Waals surface area (Å²) in [7, 11) is 0. The molecule has 12 rings (SSSR count). The monoisotopic (exact) mass is 630 g/mol. The van der Waals surface area contributed by atoms with Crippen LogP contribution in [0.25, 0.3) is 73.1 Å². The Kier molecular flexibility index (Phi) is 4.32. The zero-order valence-electron chi connectivity index (χ0n) is 23.5. The molecule has 8 aromatic rings. The van der Waals surface area contributed by atoms with Gasteiger partial charge in [-0.3, -0.25) is 0 Å². The van der Waals surface area contributed by atoms with Gasteiger partial charge >= 0.3 is 0 Å². The van der Waals surface area contributed by atoms with Crippen molar-refractivity contribution in [2.24, 2.45) is 0 Å². The van der Waals surface area contributed by atoms with E-state index in [4.69, 9.17) is 0 Å². The molecule has 0 bridgehead atoms. The van der Waals surface area contributed by atoms with Crippen LogP contribution in [0.1, 0.15) is 44.5 Å². The van der Waals surface area contributed by atoms with Crippen LogP contribution in [0.4, 0.5) is 0 Å². The number of hydrogen-bond acceptors (Lipinski definition) is 4. The summed E-state index contributed by atoms with van der Waals surface area (Å²) in [6, 6.07) is 29.0. The zero-order valence-corrected chi connectivity index (χ0v) is 26.8. The van der Waals surface area contributed by atoms with Gasteiger partial charge < -0.3 is 0 Å². The number of thiophene rings is 4. The molecule has 0 nitrogen and oxygen atoms in total. The molecule has 0 saturated heterocycles. The van der Waals surface area contributed by atoms with Gasteiger partial charge in [0.15, 0.2) is 0 Å². The van der Waals surface area contributed by atoms with Crippen LogP contribution in [-0.4, -0.2) is 0 Å². The van der Waals surface area contributed by atoms with Crippen molar-refractivity contribution in [3.05, 3.63) is 128 Å².